The fourth-order valence-corrected chi connectivity index (χ4v) is 7.77. The highest BCUT2D eigenvalue weighted by molar-refractivity contribution is 5.95. The van der Waals surface area contributed by atoms with E-state index in [-0.39, 0.29) is 28.3 Å². The number of epoxide rings is 1. The van der Waals surface area contributed by atoms with Crippen LogP contribution in [0.1, 0.15) is 65.7 Å². The first-order valence-electron chi connectivity index (χ1n) is 9.89. The number of hydrogen-bond acceptors (Lipinski definition) is 3. The summed E-state index contributed by atoms with van der Waals surface area (Å²) in [5, 5.41) is 10.2. The lowest BCUT2D eigenvalue weighted by Gasteiger charge is -2.58. The zero-order chi connectivity index (χ0) is 16.9. The number of fused-ring (bicyclic) bond motifs is 4. The van der Waals surface area contributed by atoms with Gasteiger partial charge in [0.05, 0.1) is 12.2 Å². The largest absolute Gasteiger partial charge is 0.393 e. The van der Waals surface area contributed by atoms with Crippen molar-refractivity contribution in [2.75, 3.05) is 0 Å². The van der Waals surface area contributed by atoms with Gasteiger partial charge in [0.15, 0.2) is 5.78 Å². The molecule has 1 heterocycles. The van der Waals surface area contributed by atoms with Crippen molar-refractivity contribution in [3.05, 3.63) is 11.6 Å². The van der Waals surface area contributed by atoms with Gasteiger partial charge in [-0.1, -0.05) is 19.9 Å². The van der Waals surface area contributed by atoms with E-state index in [1.165, 1.54) is 6.42 Å². The van der Waals surface area contributed by atoms with Crippen LogP contribution in [0.2, 0.25) is 0 Å². The molecule has 1 saturated heterocycles. The summed E-state index contributed by atoms with van der Waals surface area (Å²) < 4.78 is 6.35. The third-order valence-electron chi connectivity index (χ3n) is 9.02. The highest BCUT2D eigenvalue weighted by atomic mass is 16.6. The summed E-state index contributed by atoms with van der Waals surface area (Å²) in [4.78, 5) is 12.1. The van der Waals surface area contributed by atoms with E-state index in [0.717, 1.165) is 44.1 Å². The van der Waals surface area contributed by atoms with Gasteiger partial charge in [-0.2, -0.15) is 0 Å². The maximum Gasteiger partial charge on any atom is 0.156 e. The Hall–Kier alpha value is -0.670. The summed E-state index contributed by atoms with van der Waals surface area (Å²) in [6.45, 7) is 6.54. The lowest BCUT2D eigenvalue weighted by molar-refractivity contribution is -0.119. The standard InChI is InChI=1S/C21H30O3/c1-12(22)15-4-5-16-14-10-18-21(24-18)11-13(23)6-9-20(21,3)17(14)7-8-19(15,16)2/h4,13-14,16-18,23H,5-11H2,1-3H3. The van der Waals surface area contributed by atoms with E-state index in [1.54, 1.807) is 6.92 Å². The molecule has 3 nitrogen and oxygen atoms in total. The lowest BCUT2D eigenvalue weighted by atomic mass is 9.44. The molecule has 4 aliphatic carbocycles. The van der Waals surface area contributed by atoms with E-state index in [9.17, 15) is 9.90 Å². The second-order valence-corrected chi connectivity index (χ2v) is 9.79. The molecule has 0 aromatic rings. The van der Waals surface area contributed by atoms with Gasteiger partial charge in [-0.3, -0.25) is 4.79 Å². The van der Waals surface area contributed by atoms with E-state index in [2.05, 4.69) is 19.9 Å². The second kappa shape index (κ2) is 4.54. The minimum absolute atomic E-state index is 0.0327. The van der Waals surface area contributed by atoms with Crippen molar-refractivity contribution in [3.63, 3.8) is 0 Å². The van der Waals surface area contributed by atoms with E-state index < -0.39 is 0 Å². The number of aliphatic hydroxyl groups is 1. The summed E-state index contributed by atoms with van der Waals surface area (Å²) in [6, 6.07) is 0. The predicted molar refractivity (Wildman–Crippen MR) is 91.4 cm³/mol. The minimum Gasteiger partial charge on any atom is -0.393 e. The molecule has 8 unspecified atom stereocenters. The van der Waals surface area contributed by atoms with Crippen molar-refractivity contribution in [2.45, 2.75) is 83.5 Å². The molecule has 24 heavy (non-hydrogen) atoms. The average Bonchev–Trinajstić information content (AvgIpc) is 3.08. The first-order valence-corrected chi connectivity index (χ1v) is 9.89. The summed E-state index contributed by atoms with van der Waals surface area (Å²) in [7, 11) is 0. The van der Waals surface area contributed by atoms with Crippen LogP contribution in [0.4, 0.5) is 0 Å². The van der Waals surface area contributed by atoms with Gasteiger partial charge in [0, 0.05) is 11.8 Å². The van der Waals surface area contributed by atoms with Crippen molar-refractivity contribution in [3.8, 4) is 0 Å². The van der Waals surface area contributed by atoms with Gasteiger partial charge in [0.2, 0.25) is 0 Å². The van der Waals surface area contributed by atoms with Gasteiger partial charge in [-0.25, -0.2) is 0 Å². The van der Waals surface area contributed by atoms with Crippen LogP contribution in [0.25, 0.3) is 0 Å². The Balaban J connectivity index is 1.50. The van der Waals surface area contributed by atoms with Crippen LogP contribution in [-0.2, 0) is 9.53 Å². The lowest BCUT2D eigenvalue weighted by Crippen LogP contribution is -2.58. The molecule has 1 spiro atoms. The smallest absolute Gasteiger partial charge is 0.156 e. The Bertz CT molecular complexity index is 639. The molecule has 5 aliphatic rings. The third kappa shape index (κ3) is 1.64. The molecule has 5 rings (SSSR count). The summed E-state index contributed by atoms with van der Waals surface area (Å²) in [6.07, 6.45) is 9.87. The predicted octanol–water partition coefficient (Wildman–Crippen LogP) is 3.65. The molecule has 1 N–H and O–H groups in total. The summed E-state index contributed by atoms with van der Waals surface area (Å²) in [5.74, 6) is 2.26. The SMILES string of the molecule is CC(=O)C1=CCC2C3CC4OC45CC(O)CCC5(C)C3CCC12C. The van der Waals surface area contributed by atoms with Crippen LogP contribution < -0.4 is 0 Å². The number of hydrogen-bond donors (Lipinski definition) is 1. The maximum atomic E-state index is 12.1. The van der Waals surface area contributed by atoms with Crippen molar-refractivity contribution < 1.29 is 14.6 Å². The zero-order valence-electron chi connectivity index (χ0n) is 15.2. The van der Waals surface area contributed by atoms with E-state index in [1.807, 2.05) is 0 Å². The molecule has 4 fully saturated rings. The number of carbonyl (C=O) groups is 1. The first kappa shape index (κ1) is 15.6. The van der Waals surface area contributed by atoms with E-state index in [0.29, 0.717) is 23.9 Å². The molecule has 3 saturated carbocycles. The Morgan fingerprint density at radius 2 is 2.04 bits per heavy atom. The molecule has 0 bridgehead atoms. The molecule has 0 aromatic heterocycles. The molecular formula is C21H30O3. The molecule has 0 radical (unpaired) electrons. The Morgan fingerprint density at radius 3 is 2.79 bits per heavy atom. The molecule has 3 heteroatoms. The number of aliphatic hydroxyl groups excluding tert-OH is 1. The third-order valence-corrected chi connectivity index (χ3v) is 9.02. The van der Waals surface area contributed by atoms with Crippen molar-refractivity contribution in [1.29, 1.82) is 0 Å². The molecule has 132 valence electrons. The Morgan fingerprint density at radius 1 is 1.25 bits per heavy atom. The van der Waals surface area contributed by atoms with Crippen molar-refractivity contribution >= 4 is 5.78 Å². The van der Waals surface area contributed by atoms with Crippen LogP contribution in [0.5, 0.6) is 0 Å². The highest BCUT2D eigenvalue weighted by Crippen LogP contribution is 2.73. The molecular weight excluding hydrogens is 300 g/mol. The zero-order valence-corrected chi connectivity index (χ0v) is 15.2. The number of Topliss-reactive ketones (excluding diaryl/α,β-unsaturated/α-hetero) is 1. The molecule has 0 aromatic carbocycles. The average molecular weight is 330 g/mol. The van der Waals surface area contributed by atoms with Crippen LogP contribution >= 0.6 is 0 Å². The Kier molecular flexibility index (Phi) is 2.94. The van der Waals surface area contributed by atoms with Crippen LogP contribution in [0.15, 0.2) is 11.6 Å². The number of rotatable bonds is 1. The van der Waals surface area contributed by atoms with Gasteiger partial charge < -0.3 is 9.84 Å². The fraction of sp³-hybridized carbons (Fsp3) is 0.857. The van der Waals surface area contributed by atoms with Gasteiger partial charge in [0.25, 0.3) is 0 Å². The van der Waals surface area contributed by atoms with Gasteiger partial charge >= 0.3 is 0 Å². The highest BCUT2D eigenvalue weighted by Gasteiger charge is 2.75. The number of ketones is 1. The van der Waals surface area contributed by atoms with Gasteiger partial charge in [-0.15, -0.1) is 0 Å². The summed E-state index contributed by atoms with van der Waals surface area (Å²) >= 11 is 0. The summed E-state index contributed by atoms with van der Waals surface area (Å²) in [5.41, 5.74) is 1.38. The van der Waals surface area contributed by atoms with Crippen LogP contribution in [-0.4, -0.2) is 28.7 Å². The number of carbonyl (C=O) groups excluding carboxylic acids is 1. The Labute approximate surface area is 144 Å². The van der Waals surface area contributed by atoms with E-state index in [4.69, 9.17) is 4.74 Å². The second-order valence-electron chi connectivity index (χ2n) is 9.79. The maximum absolute atomic E-state index is 12.1. The monoisotopic (exact) mass is 330 g/mol. The quantitative estimate of drug-likeness (QED) is 0.747. The van der Waals surface area contributed by atoms with Crippen LogP contribution in [0.3, 0.4) is 0 Å². The molecule has 0 amide bonds. The van der Waals surface area contributed by atoms with Gasteiger partial charge in [0.1, 0.15) is 5.60 Å². The first-order chi connectivity index (χ1) is 11.3. The van der Waals surface area contributed by atoms with Crippen LogP contribution in [0, 0.1) is 28.6 Å². The normalized spacial score (nSPS) is 58.0. The fourth-order valence-electron chi connectivity index (χ4n) is 7.77. The topological polar surface area (TPSA) is 49.8 Å². The minimum atomic E-state index is -0.175. The molecule has 1 aliphatic heterocycles. The molecule has 8 atom stereocenters. The number of ether oxygens (including phenoxy) is 1. The van der Waals surface area contributed by atoms with E-state index >= 15 is 0 Å². The van der Waals surface area contributed by atoms with Gasteiger partial charge in [-0.05, 0) is 74.2 Å². The van der Waals surface area contributed by atoms with Crippen molar-refractivity contribution in [2.24, 2.45) is 28.6 Å². The number of allylic oxidation sites excluding steroid dienone is 2. The van der Waals surface area contributed by atoms with Crippen molar-refractivity contribution in [1.82, 2.24) is 0 Å².